The van der Waals surface area contributed by atoms with Gasteiger partial charge in [0, 0.05) is 12.6 Å². The maximum Gasteiger partial charge on any atom is 0.0567 e. The third kappa shape index (κ3) is 4.70. The minimum atomic E-state index is 0.532. The molecular formula is C9H23N3. The van der Waals surface area contributed by atoms with Crippen LogP contribution in [0, 0.1) is 0 Å². The standard InChI is InChI=1S/C9H23N3/c1-4-6-7-9(3)12(5-2)11-8-10/h9,11H,4-8,10H2,1-3H3. The maximum absolute atomic E-state index is 5.42. The second kappa shape index (κ2) is 7.53. The van der Waals surface area contributed by atoms with Gasteiger partial charge < -0.3 is 5.73 Å². The normalized spacial score (nSPS) is 13.8. The third-order valence-corrected chi connectivity index (χ3v) is 2.14. The number of nitrogens with zero attached hydrogens (tertiary/aromatic N) is 1. The van der Waals surface area contributed by atoms with Crippen LogP contribution in [-0.2, 0) is 0 Å². The fourth-order valence-corrected chi connectivity index (χ4v) is 1.35. The summed E-state index contributed by atoms with van der Waals surface area (Å²) in [7, 11) is 0. The molecule has 0 saturated heterocycles. The number of hydrazine groups is 1. The minimum Gasteiger partial charge on any atom is -0.317 e. The van der Waals surface area contributed by atoms with Crippen molar-refractivity contribution >= 4 is 0 Å². The van der Waals surface area contributed by atoms with Gasteiger partial charge in [-0.25, -0.2) is 10.4 Å². The van der Waals surface area contributed by atoms with E-state index >= 15 is 0 Å². The van der Waals surface area contributed by atoms with Crippen molar-refractivity contribution in [1.82, 2.24) is 10.4 Å². The molecular weight excluding hydrogens is 150 g/mol. The van der Waals surface area contributed by atoms with Crippen LogP contribution in [0.2, 0.25) is 0 Å². The highest BCUT2D eigenvalue weighted by molar-refractivity contribution is 4.61. The SMILES string of the molecule is CCCCC(C)N(CC)NCN. The molecule has 0 saturated carbocycles. The lowest BCUT2D eigenvalue weighted by Gasteiger charge is -2.27. The Morgan fingerprint density at radius 1 is 1.42 bits per heavy atom. The summed E-state index contributed by atoms with van der Waals surface area (Å²) in [5.41, 5.74) is 8.57. The summed E-state index contributed by atoms with van der Waals surface area (Å²) in [6, 6.07) is 0.596. The van der Waals surface area contributed by atoms with Crippen LogP contribution in [0.1, 0.15) is 40.0 Å². The molecule has 3 nitrogen and oxygen atoms in total. The number of nitrogens with two attached hydrogens (primary N) is 1. The van der Waals surface area contributed by atoms with E-state index in [0.717, 1.165) is 6.54 Å². The fourth-order valence-electron chi connectivity index (χ4n) is 1.35. The second-order valence-corrected chi connectivity index (χ2v) is 3.14. The molecule has 0 rings (SSSR count). The molecule has 0 bridgehead atoms. The first-order chi connectivity index (χ1) is 5.76. The van der Waals surface area contributed by atoms with Crippen molar-refractivity contribution < 1.29 is 0 Å². The van der Waals surface area contributed by atoms with E-state index in [4.69, 9.17) is 5.73 Å². The van der Waals surface area contributed by atoms with Gasteiger partial charge in [0.15, 0.2) is 0 Å². The van der Waals surface area contributed by atoms with Crippen LogP contribution in [0.15, 0.2) is 0 Å². The lowest BCUT2D eigenvalue weighted by atomic mass is 10.1. The van der Waals surface area contributed by atoms with Gasteiger partial charge in [-0.05, 0) is 13.3 Å². The molecule has 3 N–H and O–H groups in total. The van der Waals surface area contributed by atoms with Crippen LogP contribution >= 0.6 is 0 Å². The molecule has 0 heterocycles. The molecule has 1 atom stereocenters. The summed E-state index contributed by atoms with van der Waals surface area (Å²) < 4.78 is 0. The Hall–Kier alpha value is -0.120. The quantitative estimate of drug-likeness (QED) is 0.450. The number of rotatable bonds is 7. The van der Waals surface area contributed by atoms with E-state index in [1.807, 2.05) is 0 Å². The van der Waals surface area contributed by atoms with Gasteiger partial charge in [-0.15, -0.1) is 0 Å². The Bertz CT molecular complexity index is 95.8. The lowest BCUT2D eigenvalue weighted by Crippen LogP contribution is -2.46. The Kier molecular flexibility index (Phi) is 7.45. The van der Waals surface area contributed by atoms with E-state index < -0.39 is 0 Å². The van der Waals surface area contributed by atoms with E-state index in [-0.39, 0.29) is 0 Å². The third-order valence-electron chi connectivity index (χ3n) is 2.14. The average molecular weight is 173 g/mol. The van der Waals surface area contributed by atoms with Gasteiger partial charge in [0.25, 0.3) is 0 Å². The van der Waals surface area contributed by atoms with E-state index in [2.05, 4.69) is 31.2 Å². The summed E-state index contributed by atoms with van der Waals surface area (Å²) in [6.45, 7) is 8.15. The predicted molar refractivity (Wildman–Crippen MR) is 53.6 cm³/mol. The van der Waals surface area contributed by atoms with Crippen molar-refractivity contribution in [3.8, 4) is 0 Å². The van der Waals surface area contributed by atoms with Gasteiger partial charge >= 0.3 is 0 Å². The smallest absolute Gasteiger partial charge is 0.0567 e. The van der Waals surface area contributed by atoms with Gasteiger partial charge in [-0.1, -0.05) is 26.7 Å². The van der Waals surface area contributed by atoms with Crippen molar-refractivity contribution in [1.29, 1.82) is 0 Å². The van der Waals surface area contributed by atoms with E-state index in [9.17, 15) is 0 Å². The zero-order valence-corrected chi connectivity index (χ0v) is 8.64. The summed E-state index contributed by atoms with van der Waals surface area (Å²) in [6.07, 6.45) is 3.81. The first-order valence-corrected chi connectivity index (χ1v) is 4.96. The number of hydrogen-bond acceptors (Lipinski definition) is 3. The summed E-state index contributed by atoms with van der Waals surface area (Å²) in [5.74, 6) is 0. The fraction of sp³-hybridized carbons (Fsp3) is 1.00. The average Bonchev–Trinajstić information content (AvgIpc) is 2.10. The highest BCUT2D eigenvalue weighted by atomic mass is 15.5. The van der Waals surface area contributed by atoms with Crippen LogP contribution in [0.25, 0.3) is 0 Å². The molecule has 1 unspecified atom stereocenters. The monoisotopic (exact) mass is 173 g/mol. The molecule has 74 valence electrons. The highest BCUT2D eigenvalue weighted by Gasteiger charge is 2.09. The molecule has 0 radical (unpaired) electrons. The summed E-state index contributed by atoms with van der Waals surface area (Å²) in [5, 5.41) is 2.20. The molecule has 0 aromatic carbocycles. The first-order valence-electron chi connectivity index (χ1n) is 4.96. The Morgan fingerprint density at radius 3 is 2.50 bits per heavy atom. The van der Waals surface area contributed by atoms with Gasteiger partial charge in [0.2, 0.25) is 0 Å². The molecule has 0 aromatic rings. The maximum atomic E-state index is 5.42. The lowest BCUT2D eigenvalue weighted by molar-refractivity contribution is 0.135. The second-order valence-electron chi connectivity index (χ2n) is 3.14. The summed E-state index contributed by atoms with van der Waals surface area (Å²) >= 11 is 0. The Labute approximate surface area is 76.3 Å². The van der Waals surface area contributed by atoms with Gasteiger partial charge in [0.05, 0.1) is 6.67 Å². The number of unbranched alkanes of at least 4 members (excludes halogenated alkanes) is 1. The van der Waals surface area contributed by atoms with Crippen molar-refractivity contribution in [3.05, 3.63) is 0 Å². The van der Waals surface area contributed by atoms with Crippen LogP contribution in [0.5, 0.6) is 0 Å². The Morgan fingerprint density at radius 2 is 2.08 bits per heavy atom. The van der Waals surface area contributed by atoms with Crippen LogP contribution < -0.4 is 11.2 Å². The first kappa shape index (κ1) is 11.9. The van der Waals surface area contributed by atoms with E-state index in [0.29, 0.717) is 12.7 Å². The van der Waals surface area contributed by atoms with Gasteiger partial charge in [-0.3, -0.25) is 0 Å². The van der Waals surface area contributed by atoms with Crippen molar-refractivity contribution in [2.75, 3.05) is 13.2 Å². The number of hydrogen-bond donors (Lipinski definition) is 2. The zero-order valence-electron chi connectivity index (χ0n) is 8.64. The minimum absolute atomic E-state index is 0.532. The molecule has 3 heteroatoms. The van der Waals surface area contributed by atoms with E-state index in [1.165, 1.54) is 19.3 Å². The molecule has 0 aliphatic rings. The molecule has 0 amide bonds. The van der Waals surface area contributed by atoms with Crippen molar-refractivity contribution in [2.24, 2.45) is 5.73 Å². The zero-order chi connectivity index (χ0) is 9.40. The van der Waals surface area contributed by atoms with Crippen molar-refractivity contribution in [3.63, 3.8) is 0 Å². The molecule has 0 aliphatic heterocycles. The highest BCUT2D eigenvalue weighted by Crippen LogP contribution is 2.05. The molecule has 0 fully saturated rings. The summed E-state index contributed by atoms with van der Waals surface area (Å²) in [4.78, 5) is 0. The molecule has 12 heavy (non-hydrogen) atoms. The largest absolute Gasteiger partial charge is 0.317 e. The van der Waals surface area contributed by atoms with Crippen LogP contribution in [-0.4, -0.2) is 24.3 Å². The number of nitrogens with one attached hydrogen (secondary N) is 1. The molecule has 0 aromatic heterocycles. The topological polar surface area (TPSA) is 41.3 Å². The molecule has 0 aliphatic carbocycles. The van der Waals surface area contributed by atoms with Crippen LogP contribution in [0.4, 0.5) is 0 Å². The van der Waals surface area contributed by atoms with E-state index in [1.54, 1.807) is 0 Å². The van der Waals surface area contributed by atoms with Gasteiger partial charge in [0.1, 0.15) is 0 Å². The van der Waals surface area contributed by atoms with Crippen LogP contribution in [0.3, 0.4) is 0 Å². The molecule has 0 spiro atoms. The van der Waals surface area contributed by atoms with Crippen molar-refractivity contribution in [2.45, 2.75) is 46.1 Å². The predicted octanol–water partition coefficient (Wildman–Crippen LogP) is 1.31. The van der Waals surface area contributed by atoms with Gasteiger partial charge in [-0.2, -0.15) is 0 Å². The Balaban J connectivity index is 3.60.